The van der Waals surface area contributed by atoms with Crippen LogP contribution in [0.2, 0.25) is 0 Å². The fraction of sp³-hybridized carbons (Fsp3) is 0.684. The largest absolute Gasteiger partial charge is 0.342 e. The number of likely N-dealkylation sites (tertiary alicyclic amines) is 2. The molecule has 3 amide bonds. The number of hydrogen-bond donors (Lipinski definition) is 0. The minimum atomic E-state index is 0.0369. The van der Waals surface area contributed by atoms with Gasteiger partial charge in [0.05, 0.1) is 0 Å². The lowest BCUT2D eigenvalue weighted by atomic mass is 9.91. The monoisotopic (exact) mass is 359 g/mol. The molecule has 2 aliphatic rings. The van der Waals surface area contributed by atoms with Crippen LogP contribution in [-0.2, 0) is 4.79 Å². The van der Waals surface area contributed by atoms with Gasteiger partial charge in [0.25, 0.3) is 0 Å². The van der Waals surface area contributed by atoms with E-state index in [1.54, 1.807) is 19.0 Å². The Morgan fingerprint density at radius 3 is 2.23 bits per heavy atom. The van der Waals surface area contributed by atoms with Crippen molar-refractivity contribution in [2.24, 2.45) is 5.92 Å². The van der Waals surface area contributed by atoms with Crippen LogP contribution in [-0.4, -0.2) is 76.9 Å². The number of hydrogen-bond acceptors (Lipinski definition) is 4. The van der Waals surface area contributed by atoms with Gasteiger partial charge in [-0.15, -0.1) is 0 Å². The molecular formula is C19H29N5O2. The number of rotatable bonds is 2. The van der Waals surface area contributed by atoms with Crippen LogP contribution in [0.1, 0.15) is 43.1 Å². The van der Waals surface area contributed by atoms with Crippen molar-refractivity contribution in [2.75, 3.05) is 40.3 Å². The first-order chi connectivity index (χ1) is 12.5. The Bertz CT molecular complexity index is 647. The van der Waals surface area contributed by atoms with Crippen molar-refractivity contribution in [1.29, 1.82) is 0 Å². The molecule has 26 heavy (non-hydrogen) atoms. The molecule has 2 fully saturated rings. The zero-order valence-electron chi connectivity index (χ0n) is 16.0. The van der Waals surface area contributed by atoms with Gasteiger partial charge in [-0.05, 0) is 38.7 Å². The van der Waals surface area contributed by atoms with Gasteiger partial charge < -0.3 is 14.7 Å². The Kier molecular flexibility index (Phi) is 5.74. The molecule has 0 radical (unpaired) electrons. The van der Waals surface area contributed by atoms with Crippen molar-refractivity contribution in [2.45, 2.75) is 38.5 Å². The Morgan fingerprint density at radius 1 is 1.04 bits per heavy atom. The third-order valence-corrected chi connectivity index (χ3v) is 5.48. The van der Waals surface area contributed by atoms with E-state index in [2.05, 4.69) is 9.97 Å². The zero-order valence-corrected chi connectivity index (χ0v) is 16.0. The molecule has 3 heterocycles. The Hall–Kier alpha value is -2.18. The number of amides is 3. The highest BCUT2D eigenvalue weighted by Gasteiger charge is 2.33. The highest BCUT2D eigenvalue weighted by molar-refractivity contribution is 5.80. The highest BCUT2D eigenvalue weighted by Crippen LogP contribution is 2.28. The predicted octanol–water partition coefficient (Wildman–Crippen LogP) is 1.88. The van der Waals surface area contributed by atoms with E-state index in [4.69, 9.17) is 0 Å². The molecule has 2 saturated heterocycles. The summed E-state index contributed by atoms with van der Waals surface area (Å²) in [7, 11) is 3.53. The quantitative estimate of drug-likeness (QED) is 0.808. The lowest BCUT2D eigenvalue weighted by Crippen LogP contribution is -2.48. The Labute approximate surface area is 155 Å². The average Bonchev–Trinajstić information content (AvgIpc) is 2.67. The van der Waals surface area contributed by atoms with E-state index in [9.17, 15) is 9.59 Å². The van der Waals surface area contributed by atoms with Gasteiger partial charge in [0.2, 0.25) is 5.91 Å². The first kappa shape index (κ1) is 18.6. The number of urea groups is 1. The third-order valence-electron chi connectivity index (χ3n) is 5.48. The van der Waals surface area contributed by atoms with E-state index in [-0.39, 0.29) is 17.9 Å². The summed E-state index contributed by atoms with van der Waals surface area (Å²) < 4.78 is 0. The van der Waals surface area contributed by atoms with Gasteiger partial charge >= 0.3 is 6.03 Å². The Balaban J connectivity index is 1.49. The van der Waals surface area contributed by atoms with E-state index >= 15 is 0 Å². The molecule has 7 heteroatoms. The minimum Gasteiger partial charge on any atom is -0.342 e. The van der Waals surface area contributed by atoms with Crippen molar-refractivity contribution >= 4 is 11.9 Å². The van der Waals surface area contributed by atoms with Crippen LogP contribution in [0.4, 0.5) is 4.79 Å². The molecular weight excluding hydrogens is 330 g/mol. The van der Waals surface area contributed by atoms with Crippen LogP contribution in [0.15, 0.2) is 12.3 Å². The van der Waals surface area contributed by atoms with Gasteiger partial charge in [-0.2, -0.15) is 0 Å². The molecule has 0 N–H and O–H groups in total. The van der Waals surface area contributed by atoms with Crippen LogP contribution in [0.5, 0.6) is 0 Å². The molecule has 142 valence electrons. The second-order valence-corrected chi connectivity index (χ2v) is 7.59. The average molecular weight is 359 g/mol. The number of aromatic nitrogens is 2. The van der Waals surface area contributed by atoms with Crippen molar-refractivity contribution in [3.8, 4) is 0 Å². The SMILES string of the molecule is Cc1ccnc(C2CCN(C(=O)C3CCN(C(=O)N(C)C)CC3)CC2)n1. The summed E-state index contributed by atoms with van der Waals surface area (Å²) in [6, 6.07) is 1.95. The first-order valence-electron chi connectivity index (χ1n) is 9.50. The lowest BCUT2D eigenvalue weighted by Gasteiger charge is -2.37. The van der Waals surface area contributed by atoms with Gasteiger partial charge in [0, 0.05) is 64.0 Å². The smallest absolute Gasteiger partial charge is 0.319 e. The standard InChI is InChI=1S/C19H29N5O2/c1-14-4-9-20-17(21-14)15-5-10-23(11-6-15)18(25)16-7-12-24(13-8-16)19(26)22(2)3/h4,9,15-16H,5-8,10-13H2,1-3H3. The summed E-state index contributed by atoms with van der Waals surface area (Å²) in [5, 5.41) is 0. The van der Waals surface area contributed by atoms with Gasteiger partial charge in [0.15, 0.2) is 0 Å². The molecule has 0 aromatic carbocycles. The molecule has 2 aliphatic heterocycles. The van der Waals surface area contributed by atoms with Gasteiger partial charge in [-0.3, -0.25) is 4.79 Å². The fourth-order valence-electron chi connectivity index (χ4n) is 3.88. The van der Waals surface area contributed by atoms with Gasteiger partial charge in [0.1, 0.15) is 5.82 Å². The molecule has 0 spiro atoms. The van der Waals surface area contributed by atoms with Crippen LogP contribution >= 0.6 is 0 Å². The van der Waals surface area contributed by atoms with Gasteiger partial charge in [-0.25, -0.2) is 14.8 Å². The number of aryl methyl sites for hydroxylation is 1. The summed E-state index contributed by atoms with van der Waals surface area (Å²) in [6.07, 6.45) is 5.19. The van der Waals surface area contributed by atoms with E-state index in [0.717, 1.165) is 50.3 Å². The van der Waals surface area contributed by atoms with Crippen LogP contribution in [0, 0.1) is 12.8 Å². The molecule has 3 rings (SSSR count). The first-order valence-corrected chi connectivity index (χ1v) is 9.50. The van der Waals surface area contributed by atoms with Gasteiger partial charge in [-0.1, -0.05) is 0 Å². The fourth-order valence-corrected chi connectivity index (χ4v) is 3.88. The van der Waals surface area contributed by atoms with Crippen molar-refractivity contribution in [3.63, 3.8) is 0 Å². The number of nitrogens with zero attached hydrogens (tertiary/aromatic N) is 5. The zero-order chi connectivity index (χ0) is 18.7. The third kappa shape index (κ3) is 4.14. The maximum absolute atomic E-state index is 12.8. The Morgan fingerprint density at radius 2 is 1.65 bits per heavy atom. The van der Waals surface area contributed by atoms with Crippen LogP contribution < -0.4 is 0 Å². The van der Waals surface area contributed by atoms with E-state index in [0.29, 0.717) is 19.0 Å². The normalized spacial score (nSPS) is 19.5. The van der Waals surface area contributed by atoms with Crippen molar-refractivity contribution in [3.05, 3.63) is 23.8 Å². The molecule has 0 atom stereocenters. The maximum atomic E-state index is 12.8. The highest BCUT2D eigenvalue weighted by atomic mass is 16.2. The van der Waals surface area contributed by atoms with E-state index < -0.39 is 0 Å². The minimum absolute atomic E-state index is 0.0369. The molecule has 1 aromatic rings. The summed E-state index contributed by atoms with van der Waals surface area (Å²) >= 11 is 0. The molecule has 0 saturated carbocycles. The van der Waals surface area contributed by atoms with Crippen molar-refractivity contribution < 1.29 is 9.59 Å². The molecule has 0 aliphatic carbocycles. The number of piperidine rings is 2. The van der Waals surface area contributed by atoms with Crippen LogP contribution in [0.25, 0.3) is 0 Å². The summed E-state index contributed by atoms with van der Waals surface area (Å²) in [5.41, 5.74) is 0.993. The molecule has 7 nitrogen and oxygen atoms in total. The second kappa shape index (κ2) is 8.01. The van der Waals surface area contributed by atoms with Crippen molar-refractivity contribution in [1.82, 2.24) is 24.7 Å². The summed E-state index contributed by atoms with van der Waals surface area (Å²) in [6.45, 7) is 4.87. The maximum Gasteiger partial charge on any atom is 0.319 e. The molecule has 1 aromatic heterocycles. The second-order valence-electron chi connectivity index (χ2n) is 7.59. The lowest BCUT2D eigenvalue weighted by molar-refractivity contribution is -0.138. The molecule has 0 unspecified atom stereocenters. The van der Waals surface area contributed by atoms with Crippen LogP contribution in [0.3, 0.4) is 0 Å². The summed E-state index contributed by atoms with van der Waals surface area (Å²) in [4.78, 5) is 39.2. The summed E-state index contributed by atoms with van der Waals surface area (Å²) in [5.74, 6) is 1.56. The van der Waals surface area contributed by atoms with E-state index in [1.165, 1.54) is 0 Å². The topological polar surface area (TPSA) is 69.6 Å². The number of carbonyl (C=O) groups excluding carboxylic acids is 2. The molecule has 0 bridgehead atoms. The predicted molar refractivity (Wildman–Crippen MR) is 98.7 cm³/mol. The van der Waals surface area contributed by atoms with E-state index in [1.807, 2.05) is 29.0 Å². The number of carbonyl (C=O) groups is 2.